The molecule has 0 saturated heterocycles. The average Bonchev–Trinajstić information content (AvgIpc) is 2.77. The van der Waals surface area contributed by atoms with Crippen LogP contribution in [-0.2, 0) is 11.4 Å². The highest BCUT2D eigenvalue weighted by molar-refractivity contribution is 6.01. The first-order valence-corrected chi connectivity index (χ1v) is 8.92. The number of hydrogen-bond donors (Lipinski definition) is 0. The first-order chi connectivity index (χ1) is 13.8. The van der Waals surface area contributed by atoms with Crippen molar-refractivity contribution in [2.75, 3.05) is 20.8 Å². The van der Waals surface area contributed by atoms with E-state index < -0.39 is 0 Å². The van der Waals surface area contributed by atoms with Crippen LogP contribution in [0, 0.1) is 0 Å². The monoisotopic (exact) mass is 377 g/mol. The molecule has 0 aliphatic carbocycles. The lowest BCUT2D eigenvalue weighted by Gasteiger charge is -2.10. The molecule has 0 N–H and O–H groups in total. The molecule has 0 spiro atoms. The summed E-state index contributed by atoms with van der Waals surface area (Å²) in [6.45, 7) is 0.798. The molecule has 0 saturated carbocycles. The lowest BCUT2D eigenvalue weighted by atomic mass is 10.1. The third-order valence-electron chi connectivity index (χ3n) is 4.07. The normalized spacial score (nSPS) is 11.0. The highest BCUT2D eigenvalue weighted by Crippen LogP contribution is 2.17. The van der Waals surface area contributed by atoms with Crippen molar-refractivity contribution in [2.24, 2.45) is 5.16 Å². The Balaban J connectivity index is 1.57. The van der Waals surface area contributed by atoms with Gasteiger partial charge in [0, 0.05) is 5.56 Å². The van der Waals surface area contributed by atoms with Gasteiger partial charge in [0.25, 0.3) is 0 Å². The highest BCUT2D eigenvalue weighted by atomic mass is 16.6. The first kappa shape index (κ1) is 19.3. The molecule has 0 bridgehead atoms. The zero-order valence-electron chi connectivity index (χ0n) is 16.0. The highest BCUT2D eigenvalue weighted by Gasteiger charge is 2.07. The number of oxime groups is 1. The molecule has 3 rings (SSSR count). The molecule has 0 aliphatic rings. The maximum Gasteiger partial charge on any atom is 0.134 e. The molecule has 0 amide bonds. The summed E-state index contributed by atoms with van der Waals surface area (Å²) in [5, 5.41) is 4.08. The number of benzene rings is 3. The molecule has 0 heterocycles. The van der Waals surface area contributed by atoms with Crippen molar-refractivity contribution >= 4 is 5.71 Å². The van der Waals surface area contributed by atoms with E-state index in [9.17, 15) is 0 Å². The van der Waals surface area contributed by atoms with Gasteiger partial charge in [0.2, 0.25) is 0 Å². The minimum atomic E-state index is 0.292. The van der Waals surface area contributed by atoms with E-state index in [2.05, 4.69) is 5.16 Å². The Bertz CT molecular complexity index is 875. The van der Waals surface area contributed by atoms with Crippen LogP contribution in [-0.4, -0.2) is 26.5 Å². The Morgan fingerprint density at radius 3 is 2.00 bits per heavy atom. The predicted octanol–water partition coefficient (Wildman–Crippen LogP) is 4.70. The molecule has 0 aromatic heterocycles. The van der Waals surface area contributed by atoms with Crippen molar-refractivity contribution in [3.63, 3.8) is 0 Å². The Morgan fingerprint density at radius 1 is 0.714 bits per heavy atom. The predicted molar refractivity (Wildman–Crippen MR) is 109 cm³/mol. The topological polar surface area (TPSA) is 49.3 Å². The fourth-order valence-electron chi connectivity index (χ4n) is 2.57. The van der Waals surface area contributed by atoms with E-state index >= 15 is 0 Å². The van der Waals surface area contributed by atoms with E-state index in [0.29, 0.717) is 18.9 Å². The smallest absolute Gasteiger partial charge is 0.134 e. The van der Waals surface area contributed by atoms with Gasteiger partial charge in [0.1, 0.15) is 43.3 Å². The van der Waals surface area contributed by atoms with Crippen LogP contribution in [0.5, 0.6) is 17.2 Å². The third-order valence-corrected chi connectivity index (χ3v) is 4.07. The van der Waals surface area contributed by atoms with Crippen molar-refractivity contribution < 1.29 is 19.0 Å². The summed E-state index contributed by atoms with van der Waals surface area (Å²) in [6.07, 6.45) is 0. The Labute approximate surface area is 165 Å². The largest absolute Gasteiger partial charge is 0.497 e. The van der Waals surface area contributed by atoms with Crippen LogP contribution in [0.25, 0.3) is 0 Å². The maximum absolute atomic E-state index is 5.87. The van der Waals surface area contributed by atoms with Gasteiger partial charge in [0.15, 0.2) is 0 Å². The second kappa shape index (κ2) is 10.0. The van der Waals surface area contributed by atoms with Crippen LogP contribution in [0.4, 0.5) is 0 Å². The Morgan fingerprint density at radius 2 is 1.36 bits per heavy atom. The fraction of sp³-hybridized carbons (Fsp3) is 0.174. The molecular weight excluding hydrogens is 354 g/mol. The molecule has 5 nitrogen and oxygen atoms in total. The summed E-state index contributed by atoms with van der Waals surface area (Å²) >= 11 is 0. The van der Waals surface area contributed by atoms with E-state index in [1.54, 1.807) is 7.11 Å². The second-order valence-electron chi connectivity index (χ2n) is 5.98. The van der Waals surface area contributed by atoms with Crippen molar-refractivity contribution in [2.45, 2.75) is 6.61 Å². The van der Waals surface area contributed by atoms with Gasteiger partial charge < -0.3 is 19.0 Å². The fourth-order valence-corrected chi connectivity index (χ4v) is 2.57. The molecule has 3 aromatic carbocycles. The van der Waals surface area contributed by atoms with Crippen LogP contribution >= 0.6 is 0 Å². The van der Waals surface area contributed by atoms with E-state index in [1.807, 2.05) is 78.9 Å². The molecule has 0 unspecified atom stereocenters. The molecule has 3 aromatic rings. The maximum atomic E-state index is 5.87. The van der Waals surface area contributed by atoms with E-state index in [1.165, 1.54) is 7.11 Å². The number of ether oxygens (including phenoxy) is 3. The SMILES string of the molecule is CO/N=C(\COc1ccc(COc2ccccc2)cc1)c1ccc(OC)cc1. The van der Waals surface area contributed by atoms with E-state index in [-0.39, 0.29) is 0 Å². The lowest BCUT2D eigenvalue weighted by molar-refractivity contribution is 0.210. The van der Waals surface area contributed by atoms with Gasteiger partial charge in [-0.2, -0.15) is 0 Å². The average molecular weight is 377 g/mol. The van der Waals surface area contributed by atoms with Gasteiger partial charge in [-0.3, -0.25) is 0 Å². The summed E-state index contributed by atoms with van der Waals surface area (Å²) < 4.78 is 16.8. The molecule has 5 heteroatoms. The van der Waals surface area contributed by atoms with E-state index in [0.717, 1.165) is 28.4 Å². The third kappa shape index (κ3) is 5.51. The van der Waals surface area contributed by atoms with Crippen molar-refractivity contribution in [1.82, 2.24) is 0 Å². The molecule has 0 fully saturated rings. The summed E-state index contributed by atoms with van der Waals surface area (Å²) in [4.78, 5) is 4.96. The first-order valence-electron chi connectivity index (χ1n) is 8.92. The zero-order chi connectivity index (χ0) is 19.6. The van der Waals surface area contributed by atoms with Crippen LogP contribution < -0.4 is 14.2 Å². The van der Waals surface area contributed by atoms with Crippen molar-refractivity contribution in [1.29, 1.82) is 0 Å². The van der Waals surface area contributed by atoms with Gasteiger partial charge in [-0.25, -0.2) is 0 Å². The number of rotatable bonds is 9. The summed E-state index contributed by atoms with van der Waals surface area (Å²) in [5.74, 6) is 2.39. The minimum Gasteiger partial charge on any atom is -0.497 e. The number of hydrogen-bond acceptors (Lipinski definition) is 5. The molecule has 144 valence electrons. The summed E-state index contributed by atoms with van der Waals surface area (Å²) in [5.41, 5.74) is 2.68. The van der Waals surface area contributed by atoms with Crippen molar-refractivity contribution in [3.8, 4) is 17.2 Å². The molecule has 0 atom stereocenters. The number of para-hydroxylation sites is 1. The van der Waals surface area contributed by atoms with Gasteiger partial charge in [-0.1, -0.05) is 35.5 Å². The van der Waals surface area contributed by atoms with Crippen LogP contribution in [0.15, 0.2) is 84.0 Å². The van der Waals surface area contributed by atoms with Crippen LogP contribution in [0.2, 0.25) is 0 Å². The molecule has 0 aliphatic heterocycles. The standard InChI is InChI=1S/C23H23NO4/c1-25-20-14-10-19(11-15-20)23(24-26-2)17-28-22-12-8-18(9-13-22)16-27-21-6-4-3-5-7-21/h3-15H,16-17H2,1-2H3/b24-23+. The summed E-state index contributed by atoms with van der Waals surface area (Å²) in [6, 6.07) is 25.1. The molecule has 0 radical (unpaired) electrons. The quantitative estimate of drug-likeness (QED) is 0.400. The molecule has 28 heavy (non-hydrogen) atoms. The number of nitrogens with zero attached hydrogens (tertiary/aromatic N) is 1. The van der Waals surface area contributed by atoms with Gasteiger partial charge in [-0.05, 0) is 54.1 Å². The van der Waals surface area contributed by atoms with Gasteiger partial charge >= 0.3 is 0 Å². The molecular formula is C23H23NO4. The zero-order valence-corrected chi connectivity index (χ0v) is 16.0. The summed E-state index contributed by atoms with van der Waals surface area (Å²) in [7, 11) is 3.15. The second-order valence-corrected chi connectivity index (χ2v) is 5.98. The van der Waals surface area contributed by atoms with Crippen LogP contribution in [0.1, 0.15) is 11.1 Å². The Kier molecular flexibility index (Phi) is 6.90. The van der Waals surface area contributed by atoms with Gasteiger partial charge in [0.05, 0.1) is 7.11 Å². The minimum absolute atomic E-state index is 0.292. The number of methoxy groups -OCH3 is 1. The lowest BCUT2D eigenvalue weighted by Crippen LogP contribution is -2.13. The van der Waals surface area contributed by atoms with Crippen molar-refractivity contribution in [3.05, 3.63) is 90.0 Å². The Hall–Kier alpha value is -3.47. The van der Waals surface area contributed by atoms with Gasteiger partial charge in [-0.15, -0.1) is 0 Å². The van der Waals surface area contributed by atoms with Crippen LogP contribution in [0.3, 0.4) is 0 Å². The van der Waals surface area contributed by atoms with E-state index in [4.69, 9.17) is 19.0 Å².